The van der Waals surface area contributed by atoms with E-state index in [1.165, 1.54) is 36.8 Å². The van der Waals surface area contributed by atoms with E-state index in [-0.39, 0.29) is 15.6 Å². The summed E-state index contributed by atoms with van der Waals surface area (Å²) in [5.41, 5.74) is 7.59. The lowest BCUT2D eigenvalue weighted by molar-refractivity contribution is 0.260. The van der Waals surface area contributed by atoms with Crippen molar-refractivity contribution in [3.05, 3.63) is 93.9 Å². The van der Waals surface area contributed by atoms with Crippen molar-refractivity contribution >= 4 is 59.0 Å². The van der Waals surface area contributed by atoms with Gasteiger partial charge in [-0.1, -0.05) is 29.3 Å². The van der Waals surface area contributed by atoms with Gasteiger partial charge in [-0.15, -0.1) is 5.53 Å². The first kappa shape index (κ1) is 26.1. The molecular weight excluding hydrogens is 558 g/mol. The molecule has 1 unspecified atom stereocenters. The van der Waals surface area contributed by atoms with Gasteiger partial charge >= 0.3 is 0 Å². The van der Waals surface area contributed by atoms with E-state index in [1.807, 2.05) is 11.2 Å². The zero-order valence-corrected chi connectivity index (χ0v) is 22.0. The number of hydrogen-bond acceptors (Lipinski definition) is 9. The summed E-state index contributed by atoms with van der Waals surface area (Å²) in [6.07, 6.45) is 7.92. The number of nitrogens with zero attached hydrogens (tertiary/aromatic N) is 5. The van der Waals surface area contributed by atoms with Crippen LogP contribution in [0.1, 0.15) is 24.0 Å². The van der Waals surface area contributed by atoms with Crippen LogP contribution in [-0.4, -0.2) is 33.8 Å². The average molecular weight is 576 g/mol. The maximum Gasteiger partial charge on any atom is 0.231 e. The molecule has 0 amide bonds. The normalized spacial score (nSPS) is 16.2. The molecule has 4 N–H and O–H groups in total. The summed E-state index contributed by atoms with van der Waals surface area (Å²) in [4.78, 5) is 11.8. The number of rotatable bonds is 7. The third-order valence-corrected chi connectivity index (χ3v) is 7.14. The second-order valence-electron chi connectivity index (χ2n) is 9.36. The van der Waals surface area contributed by atoms with Gasteiger partial charge < -0.3 is 16.1 Å². The van der Waals surface area contributed by atoms with Crippen molar-refractivity contribution in [3.63, 3.8) is 0 Å². The van der Waals surface area contributed by atoms with Gasteiger partial charge in [0.15, 0.2) is 0 Å². The van der Waals surface area contributed by atoms with Gasteiger partial charge in [-0.05, 0) is 42.7 Å². The third-order valence-electron chi connectivity index (χ3n) is 6.59. The summed E-state index contributed by atoms with van der Waals surface area (Å²) in [7, 11) is 6.98. The topological polar surface area (TPSA) is 114 Å². The summed E-state index contributed by atoms with van der Waals surface area (Å²) >= 11 is 12.6. The fourth-order valence-electron chi connectivity index (χ4n) is 4.40. The summed E-state index contributed by atoms with van der Waals surface area (Å²) in [5.74, 6) is -1.46. The highest BCUT2D eigenvalue weighted by Gasteiger charge is 2.38. The second kappa shape index (κ2) is 10.1. The molecule has 0 bridgehead atoms. The average Bonchev–Trinajstić information content (AvgIpc) is 3.67. The van der Waals surface area contributed by atoms with Crippen LogP contribution in [0.3, 0.4) is 0 Å². The Balaban J connectivity index is 1.45. The Bertz CT molecular complexity index is 1710. The largest absolute Gasteiger partial charge is 0.378 e. The molecule has 4 aromatic rings. The highest BCUT2D eigenvalue weighted by atomic mass is 35.5. The van der Waals surface area contributed by atoms with Crippen molar-refractivity contribution in [2.75, 3.05) is 10.6 Å². The van der Waals surface area contributed by atoms with Gasteiger partial charge in [-0.3, -0.25) is 9.99 Å². The van der Waals surface area contributed by atoms with Crippen LogP contribution in [0.2, 0.25) is 10.0 Å². The molecule has 9 nitrogen and oxygen atoms in total. The van der Waals surface area contributed by atoms with Gasteiger partial charge in [0, 0.05) is 35.7 Å². The summed E-state index contributed by atoms with van der Waals surface area (Å²) in [6, 6.07) is 9.91. The van der Waals surface area contributed by atoms with Crippen LogP contribution >= 0.6 is 23.2 Å². The van der Waals surface area contributed by atoms with Gasteiger partial charge in [0.05, 0.1) is 49.8 Å². The zero-order valence-electron chi connectivity index (χ0n) is 20.5. The number of nitrogens with one attached hydrogen (secondary N) is 4. The number of halogens is 4. The molecule has 1 aliphatic carbocycles. The quantitative estimate of drug-likeness (QED) is 0.179. The van der Waals surface area contributed by atoms with E-state index in [0.717, 1.165) is 12.8 Å². The van der Waals surface area contributed by atoms with Gasteiger partial charge in [-0.25, -0.2) is 9.97 Å². The molecule has 198 valence electrons. The summed E-state index contributed by atoms with van der Waals surface area (Å²) in [6.45, 7) is 0. The van der Waals surface area contributed by atoms with Crippen LogP contribution in [-0.2, 0) is 5.44 Å². The lowest BCUT2D eigenvalue weighted by Gasteiger charge is -2.34. The maximum atomic E-state index is 13.7. The predicted molar refractivity (Wildman–Crippen MR) is 148 cm³/mol. The number of anilines is 3. The first-order chi connectivity index (χ1) is 19.2. The first-order valence-electron chi connectivity index (χ1n) is 12.1. The van der Waals surface area contributed by atoms with Crippen molar-refractivity contribution in [3.8, 4) is 6.07 Å². The van der Waals surface area contributed by atoms with E-state index >= 15 is 0 Å². The van der Waals surface area contributed by atoms with E-state index in [2.05, 4.69) is 42.6 Å². The van der Waals surface area contributed by atoms with E-state index in [4.69, 9.17) is 31.0 Å². The van der Waals surface area contributed by atoms with E-state index < -0.39 is 17.3 Å². The van der Waals surface area contributed by atoms with Gasteiger partial charge in [0.1, 0.15) is 13.9 Å². The van der Waals surface area contributed by atoms with Gasteiger partial charge in [0.25, 0.3) is 0 Å². The number of nitriles is 1. The molecule has 6 rings (SSSR count). The molecule has 1 saturated carbocycles. The molecule has 2 aliphatic rings. The Hall–Kier alpha value is -4.18. The van der Waals surface area contributed by atoms with Crippen molar-refractivity contribution in [1.82, 2.24) is 30.9 Å². The van der Waals surface area contributed by atoms with Gasteiger partial charge in [0.2, 0.25) is 11.9 Å². The molecule has 2 radical (unpaired) electrons. The molecule has 1 fully saturated rings. The fourth-order valence-corrected chi connectivity index (χ4v) is 4.83. The SMILES string of the molecule is [B]C(Nc1cc(Cl)c2ncc(C#N)c(Nc3cnc(F)c(Cl)c3)c2c1)(C1=CN(C2CC2)NN1)c1ccc(F)nc1. The number of hydrogen-bond donors (Lipinski definition) is 4. The Morgan fingerprint density at radius 1 is 1.05 bits per heavy atom. The lowest BCUT2D eigenvalue weighted by Crippen LogP contribution is -2.45. The van der Waals surface area contributed by atoms with Crippen LogP contribution in [0.25, 0.3) is 10.9 Å². The van der Waals surface area contributed by atoms with Crippen molar-refractivity contribution in [2.24, 2.45) is 0 Å². The van der Waals surface area contributed by atoms with Crippen LogP contribution in [0, 0.1) is 23.2 Å². The zero-order chi connectivity index (χ0) is 28.0. The number of aromatic nitrogens is 3. The molecule has 1 atom stereocenters. The van der Waals surface area contributed by atoms with E-state index in [1.54, 1.807) is 12.1 Å². The van der Waals surface area contributed by atoms with Crippen LogP contribution in [0.5, 0.6) is 0 Å². The molecular formula is C26H18BCl2F2N9. The number of fused-ring (bicyclic) bond motifs is 1. The Labute approximate surface area is 238 Å². The molecule has 1 aromatic carbocycles. The predicted octanol–water partition coefficient (Wildman–Crippen LogP) is 4.99. The minimum atomic E-state index is -1.41. The third kappa shape index (κ3) is 4.83. The molecule has 1 aliphatic heterocycles. The Morgan fingerprint density at radius 2 is 1.85 bits per heavy atom. The maximum absolute atomic E-state index is 13.7. The molecule has 3 aromatic heterocycles. The fraction of sp³-hybridized carbons (Fsp3) is 0.154. The lowest BCUT2D eigenvalue weighted by atomic mass is 9.70. The van der Waals surface area contributed by atoms with E-state index in [9.17, 15) is 14.0 Å². The van der Waals surface area contributed by atoms with Crippen molar-refractivity contribution < 1.29 is 8.78 Å². The minimum absolute atomic E-state index is 0.186. The van der Waals surface area contributed by atoms with E-state index in [0.29, 0.717) is 45.3 Å². The molecule has 0 spiro atoms. The van der Waals surface area contributed by atoms with Crippen LogP contribution in [0.15, 0.2) is 60.8 Å². The molecule has 40 heavy (non-hydrogen) atoms. The second-order valence-corrected chi connectivity index (χ2v) is 10.2. The van der Waals surface area contributed by atoms with Crippen LogP contribution < -0.4 is 21.6 Å². The van der Waals surface area contributed by atoms with Crippen LogP contribution in [0.4, 0.5) is 25.8 Å². The summed E-state index contributed by atoms with van der Waals surface area (Å²) < 4.78 is 27.4. The van der Waals surface area contributed by atoms with Crippen molar-refractivity contribution in [1.29, 1.82) is 5.26 Å². The first-order valence-corrected chi connectivity index (χ1v) is 12.8. The standard InChI is InChI=1S/C26H18BCl2F2N9/c27-26(14-1-4-22(30)33-10-14,21-12-40(39-38-21)17-2-3-17)37-15-5-18-23(36-16-7-20(29)25(31)35-11-16)13(8-32)9-34-24(18)19(28)6-15/h1,4-7,9-12,17,37-39H,2-3H2,(H,34,36). The molecule has 14 heteroatoms. The Morgan fingerprint density at radius 3 is 2.55 bits per heavy atom. The highest BCUT2D eigenvalue weighted by molar-refractivity contribution is 6.36. The Kier molecular flexibility index (Phi) is 6.58. The van der Waals surface area contributed by atoms with Crippen molar-refractivity contribution in [2.45, 2.75) is 24.3 Å². The number of hydrazine groups is 2. The number of benzene rings is 1. The summed E-state index contributed by atoms with van der Waals surface area (Å²) in [5, 5.41) is 18.7. The molecule has 4 heterocycles. The minimum Gasteiger partial charge on any atom is -0.378 e. The molecule has 0 saturated heterocycles. The smallest absolute Gasteiger partial charge is 0.231 e. The monoisotopic (exact) mass is 575 g/mol. The van der Waals surface area contributed by atoms with Gasteiger partial charge in [-0.2, -0.15) is 14.0 Å². The highest BCUT2D eigenvalue weighted by Crippen LogP contribution is 2.39. The number of pyridine rings is 3.